The van der Waals surface area contributed by atoms with Crippen LogP contribution in [0, 0.1) is 0 Å². The van der Waals surface area contributed by atoms with Crippen LogP contribution in [0.4, 0.5) is 0 Å². The van der Waals surface area contributed by atoms with E-state index >= 15 is 0 Å². The van der Waals surface area contributed by atoms with Crippen LogP contribution < -0.4 is 5.32 Å². The number of carbonyl (C=O) groups is 1. The molecule has 7 unspecified atom stereocenters. The zero-order valence-corrected chi connectivity index (χ0v) is 57.9. The minimum Gasteiger partial charge on any atom is -0.394 e. The van der Waals surface area contributed by atoms with E-state index in [9.17, 15) is 30.3 Å². The first-order valence-electron chi connectivity index (χ1n) is 38.0. The van der Waals surface area contributed by atoms with Crippen molar-refractivity contribution in [1.82, 2.24) is 5.32 Å². The van der Waals surface area contributed by atoms with Gasteiger partial charge in [0.2, 0.25) is 5.91 Å². The van der Waals surface area contributed by atoms with E-state index in [4.69, 9.17) is 9.47 Å². The van der Waals surface area contributed by atoms with Gasteiger partial charge in [0.15, 0.2) is 6.29 Å². The smallest absolute Gasteiger partial charge is 0.220 e. The van der Waals surface area contributed by atoms with Crippen molar-refractivity contribution < 1.29 is 39.8 Å². The first kappa shape index (κ1) is 84.1. The summed E-state index contributed by atoms with van der Waals surface area (Å²) in [6.45, 7) is 3.69. The molecule has 9 nitrogen and oxygen atoms in total. The molecule has 6 N–H and O–H groups in total. The quantitative estimate of drug-likeness (QED) is 0.0261. The van der Waals surface area contributed by atoms with E-state index in [1.54, 1.807) is 6.08 Å². The average molecular weight is 1250 g/mol. The average Bonchev–Trinajstić information content (AvgIpc) is 2.59. The summed E-state index contributed by atoms with van der Waals surface area (Å²) in [4.78, 5) is 13.1. The fraction of sp³-hybridized carbons (Fsp3) is 0.787. The number of ether oxygens (including phenoxy) is 2. The normalized spacial score (nSPS) is 18.4. The molecular weight excluding hydrogens is 1100 g/mol. The summed E-state index contributed by atoms with van der Waals surface area (Å²) in [6.07, 6.45) is 92.5. The number of carbonyl (C=O) groups excluding carboxylic acids is 1. The van der Waals surface area contributed by atoms with Gasteiger partial charge in [-0.15, -0.1) is 0 Å². The van der Waals surface area contributed by atoms with Crippen molar-refractivity contribution >= 4 is 5.91 Å². The van der Waals surface area contributed by atoms with Gasteiger partial charge >= 0.3 is 0 Å². The van der Waals surface area contributed by atoms with Gasteiger partial charge < -0.3 is 40.3 Å². The number of unbranched alkanes of at least 4 members (excludes halogenated alkanes) is 42. The third-order valence-corrected chi connectivity index (χ3v) is 17.6. The van der Waals surface area contributed by atoms with Crippen LogP contribution in [-0.2, 0) is 14.3 Å². The van der Waals surface area contributed by atoms with Crippen molar-refractivity contribution in [2.75, 3.05) is 13.2 Å². The lowest BCUT2D eigenvalue weighted by Gasteiger charge is -2.40. The summed E-state index contributed by atoms with van der Waals surface area (Å²) < 4.78 is 11.3. The standard InChI is InChI=1S/C80H143NO8/c1-3-5-7-9-11-13-15-17-19-21-23-25-27-29-30-31-32-33-34-35-36-37-38-39-40-41-42-43-44-46-48-50-52-54-56-58-60-62-64-66-68-70-76(84)81-73(72-88-80-79(87)78(86)77(85)75(71-82)89-80)74(83)69-67-65-63-61-59-57-55-53-51-49-47-45-28-26-24-22-20-18-16-14-12-10-8-6-4-2/h5,7,11,13,17,19,23,25,29-30,32-33,59,61,67,69,73-75,77-80,82-83,85-87H,3-4,6,8-10,12,14-16,18,20-22,24,26-28,31,34-58,60,62-66,68,70-72H2,1-2H3,(H,81,84)/b7-5-,13-11-,19-17-,25-23-,30-29-,33-32-,61-59+,69-67+. The Balaban J connectivity index is 2.08. The van der Waals surface area contributed by atoms with Gasteiger partial charge in [0.1, 0.15) is 24.4 Å². The molecule has 516 valence electrons. The molecule has 0 spiro atoms. The number of nitrogens with one attached hydrogen (secondary N) is 1. The maximum atomic E-state index is 13.1. The Labute approximate surface area is 549 Å². The van der Waals surface area contributed by atoms with E-state index in [0.717, 1.165) is 77.0 Å². The predicted octanol–water partition coefficient (Wildman–Crippen LogP) is 21.4. The molecule has 1 aliphatic heterocycles. The summed E-state index contributed by atoms with van der Waals surface area (Å²) in [5, 5.41) is 54.8. The molecule has 0 saturated carbocycles. The van der Waals surface area contributed by atoms with Crippen LogP contribution >= 0.6 is 0 Å². The Hall–Kier alpha value is -2.89. The predicted molar refractivity (Wildman–Crippen MR) is 382 cm³/mol. The first-order chi connectivity index (χ1) is 43.8. The van der Waals surface area contributed by atoms with Gasteiger partial charge in [-0.2, -0.15) is 0 Å². The number of aliphatic hydroxyl groups excluding tert-OH is 5. The molecule has 89 heavy (non-hydrogen) atoms. The Bertz CT molecular complexity index is 1730. The highest BCUT2D eigenvalue weighted by Crippen LogP contribution is 2.23. The summed E-state index contributed by atoms with van der Waals surface area (Å²) in [5.74, 6) is -0.182. The minimum absolute atomic E-state index is 0.182. The summed E-state index contributed by atoms with van der Waals surface area (Å²) in [5.41, 5.74) is 0. The van der Waals surface area contributed by atoms with E-state index in [-0.39, 0.29) is 12.5 Å². The molecule has 0 bridgehead atoms. The number of rotatable bonds is 66. The highest BCUT2D eigenvalue weighted by atomic mass is 16.7. The van der Waals surface area contributed by atoms with Crippen LogP contribution in [0.2, 0.25) is 0 Å². The highest BCUT2D eigenvalue weighted by Gasteiger charge is 2.44. The van der Waals surface area contributed by atoms with Crippen LogP contribution in [0.15, 0.2) is 97.2 Å². The second-order valence-corrected chi connectivity index (χ2v) is 26.1. The second kappa shape index (κ2) is 68.0. The molecule has 0 aromatic carbocycles. The van der Waals surface area contributed by atoms with Crippen LogP contribution in [0.5, 0.6) is 0 Å². The molecule has 1 rings (SSSR count). The maximum absolute atomic E-state index is 13.1. The molecule has 0 aliphatic carbocycles. The molecule has 9 heteroatoms. The molecule has 1 amide bonds. The Morgan fingerprint density at radius 3 is 1.08 bits per heavy atom. The summed E-state index contributed by atoms with van der Waals surface area (Å²) >= 11 is 0. The zero-order valence-electron chi connectivity index (χ0n) is 57.9. The number of hydrogen-bond donors (Lipinski definition) is 6. The van der Waals surface area contributed by atoms with Crippen molar-refractivity contribution in [3.8, 4) is 0 Å². The Morgan fingerprint density at radius 2 is 0.708 bits per heavy atom. The summed E-state index contributed by atoms with van der Waals surface area (Å²) in [7, 11) is 0. The fourth-order valence-electron chi connectivity index (χ4n) is 11.8. The topological polar surface area (TPSA) is 149 Å². The SMILES string of the molecule is CC/C=C\C/C=C\C/C=C\C/C=C\C/C=C\C/C=C\CCCCCCCCCCCCCCCCCCCCCCCCC(=O)NC(COC1OC(CO)C(O)C(O)C1O)C(O)/C=C/CC/C=C/CCCCCCCCCCCCCCCCCCCCC. The molecule has 1 fully saturated rings. The van der Waals surface area contributed by atoms with E-state index in [0.29, 0.717) is 6.42 Å². The Morgan fingerprint density at radius 1 is 0.393 bits per heavy atom. The number of hydrogen-bond acceptors (Lipinski definition) is 8. The van der Waals surface area contributed by atoms with Gasteiger partial charge in [-0.1, -0.05) is 355 Å². The van der Waals surface area contributed by atoms with Crippen molar-refractivity contribution in [3.63, 3.8) is 0 Å². The molecule has 1 saturated heterocycles. The largest absolute Gasteiger partial charge is 0.394 e. The minimum atomic E-state index is -1.58. The molecule has 0 radical (unpaired) electrons. The molecule has 0 aromatic rings. The van der Waals surface area contributed by atoms with Gasteiger partial charge in [0, 0.05) is 6.42 Å². The molecule has 7 atom stereocenters. The number of allylic oxidation sites excluding steroid dienone is 15. The van der Waals surface area contributed by atoms with E-state index in [1.165, 1.54) is 250 Å². The fourth-order valence-corrected chi connectivity index (χ4v) is 11.8. The maximum Gasteiger partial charge on any atom is 0.220 e. The van der Waals surface area contributed by atoms with Crippen molar-refractivity contribution in [2.45, 2.75) is 391 Å². The molecular formula is C80H143NO8. The number of amides is 1. The van der Waals surface area contributed by atoms with Crippen LogP contribution in [0.1, 0.15) is 348 Å². The van der Waals surface area contributed by atoms with Gasteiger partial charge in [0.05, 0.1) is 25.4 Å². The van der Waals surface area contributed by atoms with Crippen molar-refractivity contribution in [3.05, 3.63) is 97.2 Å². The summed E-state index contributed by atoms with van der Waals surface area (Å²) in [6, 6.07) is -0.826. The first-order valence-corrected chi connectivity index (χ1v) is 38.0. The molecule has 1 heterocycles. The van der Waals surface area contributed by atoms with Crippen LogP contribution in [-0.4, -0.2) is 87.5 Å². The van der Waals surface area contributed by atoms with Gasteiger partial charge in [-0.3, -0.25) is 4.79 Å². The Kier molecular flexibility index (Phi) is 64.3. The van der Waals surface area contributed by atoms with Crippen LogP contribution in [0.3, 0.4) is 0 Å². The monoisotopic (exact) mass is 1250 g/mol. The van der Waals surface area contributed by atoms with Crippen LogP contribution in [0.25, 0.3) is 0 Å². The zero-order chi connectivity index (χ0) is 64.2. The van der Waals surface area contributed by atoms with E-state index < -0.39 is 49.5 Å². The number of aliphatic hydroxyl groups is 5. The van der Waals surface area contributed by atoms with Gasteiger partial charge in [-0.05, 0) is 83.5 Å². The lowest BCUT2D eigenvalue weighted by atomic mass is 9.99. The third-order valence-electron chi connectivity index (χ3n) is 17.6. The van der Waals surface area contributed by atoms with E-state index in [2.05, 4.69) is 104 Å². The lowest BCUT2D eigenvalue weighted by Crippen LogP contribution is -2.60. The van der Waals surface area contributed by atoms with Gasteiger partial charge in [-0.25, -0.2) is 0 Å². The van der Waals surface area contributed by atoms with Gasteiger partial charge in [0.25, 0.3) is 0 Å². The molecule has 0 aromatic heterocycles. The third kappa shape index (κ3) is 56.4. The van der Waals surface area contributed by atoms with Crippen molar-refractivity contribution in [1.29, 1.82) is 0 Å². The lowest BCUT2D eigenvalue weighted by molar-refractivity contribution is -0.302. The molecule has 1 aliphatic rings. The van der Waals surface area contributed by atoms with Crippen molar-refractivity contribution in [2.24, 2.45) is 0 Å². The van der Waals surface area contributed by atoms with E-state index in [1.807, 2.05) is 6.08 Å². The highest BCUT2D eigenvalue weighted by molar-refractivity contribution is 5.76. The second-order valence-electron chi connectivity index (χ2n) is 26.1.